The first-order valence-corrected chi connectivity index (χ1v) is 16.6. The number of carbonyl (C=O) groups is 2. The van der Waals surface area contributed by atoms with Crippen molar-refractivity contribution in [1.82, 2.24) is 14.9 Å². The molecule has 0 radical (unpaired) electrons. The number of cyclic esters (lactones) is 1. The third kappa shape index (κ3) is 4.14. The maximum atomic E-state index is 15.1. The molecule has 4 heterocycles. The normalized spacial score (nSPS) is 29.3. The summed E-state index contributed by atoms with van der Waals surface area (Å²) in [5.74, 6) is -1.25. The third-order valence-electron chi connectivity index (χ3n) is 11.1. The molecule has 4 aliphatic rings. The molecule has 1 saturated carbocycles. The van der Waals surface area contributed by atoms with E-state index in [0.717, 1.165) is 29.5 Å². The van der Waals surface area contributed by atoms with Gasteiger partial charge >= 0.3 is 5.97 Å². The summed E-state index contributed by atoms with van der Waals surface area (Å²) in [5.41, 5.74) is 2.02. The number of esters is 1. The lowest BCUT2D eigenvalue weighted by Crippen LogP contribution is -2.64. The zero-order valence-electron chi connectivity index (χ0n) is 25.6. The average molecular weight is 654 g/mol. The first kappa shape index (κ1) is 29.6. The molecule has 0 unspecified atom stereocenters. The maximum absolute atomic E-state index is 15.1. The highest BCUT2D eigenvalue weighted by Crippen LogP contribution is 2.70. The van der Waals surface area contributed by atoms with E-state index in [1.165, 1.54) is 0 Å². The Hall–Kier alpha value is -3.78. The number of rotatable bonds is 3. The van der Waals surface area contributed by atoms with Crippen LogP contribution in [0, 0.1) is 5.41 Å². The minimum Gasteiger partial charge on any atom is -0.454 e. The summed E-state index contributed by atoms with van der Waals surface area (Å²) in [7, 11) is 0. The minimum atomic E-state index is -1.20. The summed E-state index contributed by atoms with van der Waals surface area (Å²) in [5, 5.41) is 3.81. The predicted molar refractivity (Wildman–Crippen MR) is 177 cm³/mol. The van der Waals surface area contributed by atoms with Gasteiger partial charge in [-0.3, -0.25) is 14.5 Å². The van der Waals surface area contributed by atoms with Crippen LogP contribution in [-0.2, 0) is 19.7 Å². The SMILES string of the molecule is CC1(C)CCC2(CC1)N1[C@H](c3ccccc3)[C@H](c3ccccc3)OC(=O)[C@H]1[C@H](c1ccnc(Cl)n1)[C@@]21C(=O)Nc2cc(Cl)ccc21. The van der Waals surface area contributed by atoms with E-state index in [0.29, 0.717) is 29.2 Å². The number of nitrogens with one attached hydrogen (secondary N) is 1. The van der Waals surface area contributed by atoms with Crippen LogP contribution < -0.4 is 5.32 Å². The van der Waals surface area contributed by atoms with Crippen LogP contribution in [0.4, 0.5) is 5.69 Å². The number of benzene rings is 3. The van der Waals surface area contributed by atoms with Gasteiger partial charge in [-0.15, -0.1) is 0 Å². The predicted octanol–water partition coefficient (Wildman–Crippen LogP) is 7.82. The third-order valence-corrected chi connectivity index (χ3v) is 11.5. The molecule has 4 aromatic rings. The molecule has 0 bridgehead atoms. The number of amides is 1. The van der Waals surface area contributed by atoms with Crippen LogP contribution >= 0.6 is 23.2 Å². The average Bonchev–Trinajstić information content (AvgIpc) is 3.48. The Morgan fingerprint density at radius 1 is 0.848 bits per heavy atom. The number of nitrogens with zero attached hydrogens (tertiary/aromatic N) is 3. The number of aromatic nitrogens is 2. The Morgan fingerprint density at radius 2 is 1.52 bits per heavy atom. The van der Waals surface area contributed by atoms with E-state index in [-0.39, 0.29) is 28.6 Å². The first-order chi connectivity index (χ1) is 22.2. The first-order valence-electron chi connectivity index (χ1n) is 15.9. The van der Waals surface area contributed by atoms with Crippen molar-refractivity contribution in [2.24, 2.45) is 5.41 Å². The van der Waals surface area contributed by atoms with Gasteiger partial charge in [0.15, 0.2) is 0 Å². The molecule has 3 aliphatic heterocycles. The van der Waals surface area contributed by atoms with Crippen LogP contribution in [0.5, 0.6) is 0 Å². The molecule has 46 heavy (non-hydrogen) atoms. The molecular weight excluding hydrogens is 619 g/mol. The van der Waals surface area contributed by atoms with Gasteiger partial charge in [0.2, 0.25) is 11.2 Å². The fraction of sp³-hybridized carbons (Fsp3) is 0.351. The fourth-order valence-corrected chi connectivity index (χ4v) is 9.43. The van der Waals surface area contributed by atoms with Crippen molar-refractivity contribution in [3.05, 3.63) is 124 Å². The molecule has 1 aliphatic carbocycles. The standard InChI is InChI=1S/C37H34Cl2N4O3/c1-35(2)16-18-36(19-17-35)37(25-14-13-24(38)21-27(25)41-33(37)45)28(26-15-20-40-34(39)42-26)30-32(44)46-31(23-11-7-4-8-12-23)29(43(30)36)22-9-5-3-6-10-22/h3-15,20-21,28-31H,16-19H2,1-2H3,(H,41,45)/t28-,29+,30+,31-,37-/m0/s1. The molecule has 7 nitrogen and oxygen atoms in total. The molecule has 8 rings (SSSR count). The zero-order chi connectivity index (χ0) is 31.8. The molecule has 1 N–H and O–H groups in total. The van der Waals surface area contributed by atoms with E-state index in [9.17, 15) is 4.79 Å². The van der Waals surface area contributed by atoms with E-state index in [1.807, 2.05) is 66.7 Å². The summed E-state index contributed by atoms with van der Waals surface area (Å²) in [4.78, 5) is 41.2. The molecule has 234 valence electrons. The Morgan fingerprint density at radius 3 is 2.20 bits per heavy atom. The van der Waals surface area contributed by atoms with Crippen molar-refractivity contribution in [2.75, 3.05) is 5.32 Å². The van der Waals surface area contributed by atoms with Gasteiger partial charge in [-0.05, 0) is 77.6 Å². The number of fused-ring (bicyclic) bond motifs is 5. The van der Waals surface area contributed by atoms with E-state index < -0.39 is 29.0 Å². The quantitative estimate of drug-likeness (QED) is 0.179. The molecule has 2 saturated heterocycles. The van der Waals surface area contributed by atoms with Gasteiger partial charge in [0.25, 0.3) is 0 Å². The Kier molecular flexibility index (Phi) is 6.84. The van der Waals surface area contributed by atoms with Crippen LogP contribution in [0.1, 0.15) is 80.0 Å². The lowest BCUT2D eigenvalue weighted by Gasteiger charge is -2.57. The lowest BCUT2D eigenvalue weighted by molar-refractivity contribution is -0.184. The molecule has 5 atom stereocenters. The molecule has 1 amide bonds. The van der Waals surface area contributed by atoms with Gasteiger partial charge in [-0.2, -0.15) is 0 Å². The van der Waals surface area contributed by atoms with Crippen molar-refractivity contribution < 1.29 is 14.3 Å². The van der Waals surface area contributed by atoms with Crippen molar-refractivity contribution in [3.8, 4) is 0 Å². The van der Waals surface area contributed by atoms with Gasteiger partial charge < -0.3 is 10.1 Å². The van der Waals surface area contributed by atoms with Crippen molar-refractivity contribution in [1.29, 1.82) is 0 Å². The zero-order valence-corrected chi connectivity index (χ0v) is 27.1. The van der Waals surface area contributed by atoms with Crippen LogP contribution in [0.15, 0.2) is 91.1 Å². The summed E-state index contributed by atoms with van der Waals surface area (Å²) in [6.45, 7) is 4.57. The summed E-state index contributed by atoms with van der Waals surface area (Å²) < 4.78 is 6.55. The number of ether oxygens (including phenoxy) is 1. The number of hydrogen-bond acceptors (Lipinski definition) is 6. The second-order valence-corrected chi connectivity index (χ2v) is 14.6. The number of carbonyl (C=O) groups excluding carboxylic acids is 2. The van der Waals surface area contributed by atoms with Gasteiger partial charge in [-0.1, -0.05) is 92.2 Å². The number of anilines is 1. The van der Waals surface area contributed by atoms with Crippen molar-refractivity contribution in [3.63, 3.8) is 0 Å². The summed E-state index contributed by atoms with van der Waals surface area (Å²) in [6, 6.07) is 26.3. The molecule has 9 heteroatoms. The fourth-order valence-electron chi connectivity index (χ4n) is 9.10. The number of halogens is 2. The van der Waals surface area contributed by atoms with Gasteiger partial charge in [0.1, 0.15) is 17.6 Å². The summed E-state index contributed by atoms with van der Waals surface area (Å²) in [6.07, 6.45) is 4.13. The molecule has 3 fully saturated rings. The van der Waals surface area contributed by atoms with Crippen LogP contribution in [0.25, 0.3) is 0 Å². The van der Waals surface area contributed by atoms with Crippen LogP contribution in [0.2, 0.25) is 10.3 Å². The minimum absolute atomic E-state index is 0.0608. The van der Waals surface area contributed by atoms with Gasteiger partial charge in [0.05, 0.1) is 11.7 Å². The Labute approximate surface area is 278 Å². The monoisotopic (exact) mass is 652 g/mol. The Balaban J connectivity index is 1.48. The molecule has 2 spiro atoms. The molecular formula is C37H34Cl2N4O3. The lowest BCUT2D eigenvalue weighted by atomic mass is 9.53. The van der Waals surface area contributed by atoms with E-state index in [2.05, 4.69) is 41.2 Å². The highest BCUT2D eigenvalue weighted by atomic mass is 35.5. The second-order valence-electron chi connectivity index (χ2n) is 13.9. The largest absolute Gasteiger partial charge is 0.454 e. The van der Waals surface area contributed by atoms with E-state index in [4.69, 9.17) is 32.9 Å². The molecule has 1 aromatic heterocycles. The Bertz CT molecular complexity index is 1840. The molecule has 3 aromatic carbocycles. The topological polar surface area (TPSA) is 84.4 Å². The highest BCUT2D eigenvalue weighted by Gasteiger charge is 2.78. The van der Waals surface area contributed by atoms with E-state index in [1.54, 1.807) is 12.3 Å². The number of hydrogen-bond donors (Lipinski definition) is 1. The highest BCUT2D eigenvalue weighted by molar-refractivity contribution is 6.31. The number of morpholine rings is 1. The maximum Gasteiger partial charge on any atom is 0.324 e. The van der Waals surface area contributed by atoms with Crippen LogP contribution in [0.3, 0.4) is 0 Å². The van der Waals surface area contributed by atoms with Gasteiger partial charge in [0, 0.05) is 28.4 Å². The second kappa shape index (κ2) is 10.6. The smallest absolute Gasteiger partial charge is 0.324 e. The van der Waals surface area contributed by atoms with Crippen molar-refractivity contribution in [2.45, 2.75) is 74.6 Å². The summed E-state index contributed by atoms with van der Waals surface area (Å²) >= 11 is 13.0. The van der Waals surface area contributed by atoms with Crippen molar-refractivity contribution >= 4 is 40.8 Å². The van der Waals surface area contributed by atoms with Gasteiger partial charge in [-0.25, -0.2) is 9.97 Å². The van der Waals surface area contributed by atoms with E-state index >= 15 is 4.79 Å². The van der Waals surface area contributed by atoms with Crippen LogP contribution in [-0.4, -0.2) is 38.3 Å².